The Morgan fingerprint density at radius 3 is 2.42 bits per heavy atom. The number of benzene rings is 2. The van der Waals surface area contributed by atoms with Crippen LogP contribution in [0.2, 0.25) is 0 Å². The number of hydrogen-bond donors (Lipinski definition) is 2. The number of aromatic amines is 1. The standard InChI is InChI=1S/C24H24N4O4S/c1-16(2)33(31,32)19-10-8-17(9-11-19)21-15-26-23-22(27-21)20(14-25-23)24(30)28(12-13-29)18-6-4-3-5-7-18/h3-11,14-16,29H,12-13H2,1-2H3,(H,25,26). The first-order valence-corrected chi connectivity index (χ1v) is 12.0. The number of rotatable bonds is 7. The molecule has 2 aromatic carbocycles. The van der Waals surface area contributed by atoms with Crippen LogP contribution in [0.5, 0.6) is 0 Å². The number of fused-ring (bicyclic) bond motifs is 1. The van der Waals surface area contributed by atoms with Crippen LogP contribution < -0.4 is 4.90 Å². The molecule has 170 valence electrons. The lowest BCUT2D eigenvalue weighted by molar-refractivity contribution is 0.0982. The maximum Gasteiger partial charge on any atom is 0.262 e. The van der Waals surface area contributed by atoms with Gasteiger partial charge < -0.3 is 15.0 Å². The normalized spacial score (nSPS) is 11.8. The van der Waals surface area contributed by atoms with Crippen LogP contribution in [0.1, 0.15) is 24.2 Å². The van der Waals surface area contributed by atoms with Crippen LogP contribution in [-0.4, -0.2) is 52.8 Å². The largest absolute Gasteiger partial charge is 0.395 e. The van der Waals surface area contributed by atoms with E-state index < -0.39 is 15.1 Å². The smallest absolute Gasteiger partial charge is 0.262 e. The van der Waals surface area contributed by atoms with E-state index in [4.69, 9.17) is 0 Å². The highest BCUT2D eigenvalue weighted by Crippen LogP contribution is 2.25. The summed E-state index contributed by atoms with van der Waals surface area (Å²) < 4.78 is 24.8. The molecule has 4 rings (SSSR count). The quantitative estimate of drug-likeness (QED) is 0.433. The topological polar surface area (TPSA) is 116 Å². The third-order valence-electron chi connectivity index (χ3n) is 5.35. The summed E-state index contributed by atoms with van der Waals surface area (Å²) in [6, 6.07) is 15.6. The number of aliphatic hydroxyl groups excluding tert-OH is 1. The molecule has 2 aromatic heterocycles. The summed E-state index contributed by atoms with van der Waals surface area (Å²) in [6.07, 6.45) is 3.13. The molecule has 0 unspecified atom stereocenters. The van der Waals surface area contributed by atoms with Gasteiger partial charge in [-0.25, -0.2) is 18.4 Å². The van der Waals surface area contributed by atoms with Gasteiger partial charge in [-0.05, 0) is 38.1 Å². The van der Waals surface area contributed by atoms with Crippen LogP contribution in [0, 0.1) is 0 Å². The van der Waals surface area contributed by atoms with Crippen molar-refractivity contribution in [1.29, 1.82) is 0 Å². The third-order valence-corrected chi connectivity index (χ3v) is 7.52. The van der Waals surface area contributed by atoms with Gasteiger partial charge in [0, 0.05) is 24.0 Å². The van der Waals surface area contributed by atoms with E-state index in [0.717, 1.165) is 0 Å². The zero-order valence-electron chi connectivity index (χ0n) is 18.3. The predicted octanol–water partition coefficient (Wildman–Crippen LogP) is 3.45. The minimum Gasteiger partial charge on any atom is -0.395 e. The minimum atomic E-state index is -3.37. The fourth-order valence-corrected chi connectivity index (χ4v) is 4.54. The van der Waals surface area contributed by atoms with Gasteiger partial charge in [0.05, 0.1) is 34.2 Å². The Kier molecular flexibility index (Phi) is 6.26. The van der Waals surface area contributed by atoms with Gasteiger partial charge in [-0.15, -0.1) is 0 Å². The highest BCUT2D eigenvalue weighted by atomic mass is 32.2. The van der Waals surface area contributed by atoms with Gasteiger partial charge in [-0.3, -0.25) is 4.79 Å². The second kappa shape index (κ2) is 9.13. The van der Waals surface area contributed by atoms with E-state index in [1.807, 2.05) is 18.2 Å². The van der Waals surface area contributed by atoms with Crippen molar-refractivity contribution >= 4 is 32.6 Å². The van der Waals surface area contributed by atoms with Gasteiger partial charge >= 0.3 is 0 Å². The zero-order valence-corrected chi connectivity index (χ0v) is 19.1. The zero-order chi connectivity index (χ0) is 23.6. The number of nitrogens with zero attached hydrogens (tertiary/aromatic N) is 3. The molecule has 0 saturated carbocycles. The number of para-hydroxylation sites is 1. The number of nitrogens with one attached hydrogen (secondary N) is 1. The highest BCUT2D eigenvalue weighted by molar-refractivity contribution is 7.92. The van der Waals surface area contributed by atoms with Crippen LogP contribution in [0.15, 0.2) is 71.9 Å². The van der Waals surface area contributed by atoms with Crippen LogP contribution in [0.3, 0.4) is 0 Å². The van der Waals surface area contributed by atoms with Crippen molar-refractivity contribution in [2.45, 2.75) is 24.0 Å². The lowest BCUT2D eigenvalue weighted by Crippen LogP contribution is -2.33. The number of aliphatic hydroxyl groups is 1. The van der Waals surface area contributed by atoms with E-state index in [2.05, 4.69) is 15.0 Å². The molecule has 2 N–H and O–H groups in total. The maximum absolute atomic E-state index is 13.3. The van der Waals surface area contributed by atoms with Crippen LogP contribution in [0.4, 0.5) is 5.69 Å². The fraction of sp³-hybridized carbons (Fsp3) is 0.208. The summed E-state index contributed by atoms with van der Waals surface area (Å²) in [5.41, 5.74) is 3.04. The summed E-state index contributed by atoms with van der Waals surface area (Å²) in [5, 5.41) is 8.98. The highest BCUT2D eigenvalue weighted by Gasteiger charge is 2.23. The second-order valence-electron chi connectivity index (χ2n) is 7.79. The lowest BCUT2D eigenvalue weighted by atomic mass is 10.1. The number of aromatic nitrogens is 3. The fourth-order valence-electron chi connectivity index (χ4n) is 3.48. The Balaban J connectivity index is 1.71. The average molecular weight is 465 g/mol. The van der Waals surface area contributed by atoms with Crippen molar-refractivity contribution in [3.8, 4) is 11.3 Å². The van der Waals surface area contributed by atoms with Crippen LogP contribution in [-0.2, 0) is 9.84 Å². The molecule has 0 aliphatic carbocycles. The molecule has 4 aromatic rings. The number of anilines is 1. The summed E-state index contributed by atoms with van der Waals surface area (Å²) >= 11 is 0. The molecule has 8 nitrogen and oxygen atoms in total. The number of hydrogen-bond acceptors (Lipinski definition) is 6. The van der Waals surface area contributed by atoms with Crippen molar-refractivity contribution in [1.82, 2.24) is 15.0 Å². The summed E-state index contributed by atoms with van der Waals surface area (Å²) in [6.45, 7) is 3.23. The molecular weight excluding hydrogens is 440 g/mol. The molecular formula is C24H24N4O4S. The molecule has 0 atom stereocenters. The molecule has 0 fully saturated rings. The van der Waals surface area contributed by atoms with Gasteiger partial charge in [0.2, 0.25) is 0 Å². The van der Waals surface area contributed by atoms with E-state index in [1.165, 1.54) is 4.90 Å². The Morgan fingerprint density at radius 1 is 1.09 bits per heavy atom. The number of sulfone groups is 1. The van der Waals surface area contributed by atoms with E-state index >= 15 is 0 Å². The lowest BCUT2D eigenvalue weighted by Gasteiger charge is -2.21. The molecule has 0 aliphatic heterocycles. The average Bonchev–Trinajstić information content (AvgIpc) is 3.26. The Labute approximate surface area is 191 Å². The van der Waals surface area contributed by atoms with E-state index in [1.54, 1.807) is 62.6 Å². The van der Waals surface area contributed by atoms with Crippen molar-refractivity contribution in [3.05, 3.63) is 72.6 Å². The summed E-state index contributed by atoms with van der Waals surface area (Å²) in [4.78, 5) is 27.1. The van der Waals surface area contributed by atoms with Gasteiger partial charge in [0.15, 0.2) is 15.5 Å². The predicted molar refractivity (Wildman–Crippen MR) is 127 cm³/mol. The van der Waals surface area contributed by atoms with Crippen molar-refractivity contribution < 1.29 is 18.3 Å². The molecule has 0 radical (unpaired) electrons. The Bertz CT molecular complexity index is 1380. The molecule has 9 heteroatoms. The number of carbonyl (C=O) groups excluding carboxylic acids is 1. The molecule has 2 heterocycles. The van der Waals surface area contributed by atoms with Crippen molar-refractivity contribution in [3.63, 3.8) is 0 Å². The first-order valence-electron chi connectivity index (χ1n) is 10.5. The summed E-state index contributed by atoms with van der Waals surface area (Å²) in [5.74, 6) is -0.314. The first kappa shape index (κ1) is 22.6. The van der Waals surface area contributed by atoms with Gasteiger partial charge in [-0.1, -0.05) is 30.3 Å². The van der Waals surface area contributed by atoms with Crippen molar-refractivity contribution in [2.24, 2.45) is 0 Å². The number of H-pyrrole nitrogens is 1. The van der Waals surface area contributed by atoms with Gasteiger partial charge in [0.1, 0.15) is 5.52 Å². The van der Waals surface area contributed by atoms with Gasteiger partial charge in [0.25, 0.3) is 5.91 Å². The molecule has 33 heavy (non-hydrogen) atoms. The Hall–Kier alpha value is -3.56. The van der Waals surface area contributed by atoms with E-state index in [-0.39, 0.29) is 24.0 Å². The van der Waals surface area contributed by atoms with E-state index in [0.29, 0.717) is 33.7 Å². The monoisotopic (exact) mass is 464 g/mol. The Morgan fingerprint density at radius 2 is 1.79 bits per heavy atom. The van der Waals surface area contributed by atoms with E-state index in [9.17, 15) is 18.3 Å². The molecule has 0 saturated heterocycles. The van der Waals surface area contributed by atoms with Crippen LogP contribution in [0.25, 0.3) is 22.4 Å². The number of amides is 1. The first-order chi connectivity index (χ1) is 15.8. The molecule has 1 amide bonds. The minimum absolute atomic E-state index is 0.133. The van der Waals surface area contributed by atoms with Gasteiger partial charge in [-0.2, -0.15) is 0 Å². The molecule has 0 bridgehead atoms. The summed E-state index contributed by atoms with van der Waals surface area (Å²) in [7, 11) is -3.37. The number of carbonyl (C=O) groups is 1. The third kappa shape index (κ3) is 4.37. The second-order valence-corrected chi connectivity index (χ2v) is 10.3. The molecule has 0 aliphatic rings. The SMILES string of the molecule is CC(C)S(=O)(=O)c1ccc(-c2cnc3[nH]cc(C(=O)N(CCO)c4ccccc4)c3n2)cc1. The van der Waals surface area contributed by atoms with Crippen molar-refractivity contribution in [2.75, 3.05) is 18.1 Å². The van der Waals surface area contributed by atoms with Crippen LogP contribution >= 0.6 is 0 Å². The maximum atomic E-state index is 13.3. The molecule has 0 spiro atoms.